The molecule has 0 radical (unpaired) electrons. The lowest BCUT2D eigenvalue weighted by atomic mass is 9.77. The molecule has 4 aromatic rings. The summed E-state index contributed by atoms with van der Waals surface area (Å²) in [5, 5.41) is 2.09. The first kappa shape index (κ1) is 16.7. The Morgan fingerprint density at radius 1 is 0.897 bits per heavy atom. The molecule has 1 aliphatic heterocycles. The summed E-state index contributed by atoms with van der Waals surface area (Å²) in [6.07, 6.45) is -0.723. The molecule has 3 aromatic carbocycles. The van der Waals surface area contributed by atoms with E-state index in [0.29, 0.717) is 11.1 Å². The number of fused-ring (bicyclic) bond motifs is 6. The third kappa shape index (κ3) is 1.92. The van der Waals surface area contributed by atoms with Crippen LogP contribution in [-0.2, 0) is 10.3 Å². The van der Waals surface area contributed by atoms with Gasteiger partial charge in [-0.15, -0.1) is 0 Å². The monoisotopic (exact) mass is 381 g/mol. The fourth-order valence-corrected chi connectivity index (χ4v) is 4.99. The summed E-state index contributed by atoms with van der Waals surface area (Å²) in [5.41, 5.74) is 2.44. The number of ketones is 2. The highest BCUT2D eigenvalue weighted by molar-refractivity contribution is 6.29. The van der Waals surface area contributed by atoms with Gasteiger partial charge in [0.2, 0.25) is 5.78 Å². The molecule has 6 rings (SSSR count). The Balaban J connectivity index is 1.74. The zero-order chi connectivity index (χ0) is 19.9. The fourth-order valence-electron chi connectivity index (χ4n) is 4.99. The van der Waals surface area contributed by atoms with Crippen LogP contribution in [0.25, 0.3) is 21.8 Å². The van der Waals surface area contributed by atoms with Crippen molar-refractivity contribution in [2.24, 2.45) is 0 Å². The molecule has 0 N–H and O–H groups in total. The van der Waals surface area contributed by atoms with E-state index in [1.54, 1.807) is 6.07 Å². The zero-order valence-corrected chi connectivity index (χ0v) is 16.2. The highest BCUT2D eigenvalue weighted by Crippen LogP contribution is 2.55. The van der Waals surface area contributed by atoms with Gasteiger partial charge in [-0.2, -0.15) is 0 Å². The van der Waals surface area contributed by atoms with Crippen molar-refractivity contribution in [3.8, 4) is 0 Å². The lowest BCUT2D eigenvalue weighted by molar-refractivity contribution is 0.0860. The quantitative estimate of drug-likeness (QED) is 0.457. The van der Waals surface area contributed by atoms with E-state index in [9.17, 15) is 9.59 Å². The van der Waals surface area contributed by atoms with Crippen molar-refractivity contribution >= 4 is 33.4 Å². The van der Waals surface area contributed by atoms with E-state index < -0.39 is 11.7 Å². The predicted octanol–water partition coefficient (Wildman–Crippen LogP) is 5.05. The molecule has 142 valence electrons. The van der Waals surface area contributed by atoms with E-state index >= 15 is 0 Å². The second kappa shape index (κ2) is 5.43. The number of carbonyl (C=O) groups excluding carboxylic acids is 2. The van der Waals surface area contributed by atoms with E-state index in [0.717, 1.165) is 27.4 Å². The van der Waals surface area contributed by atoms with Gasteiger partial charge in [0, 0.05) is 27.9 Å². The molecule has 0 spiro atoms. The Morgan fingerprint density at radius 3 is 2.38 bits per heavy atom. The molecular weight excluding hydrogens is 362 g/mol. The topological polar surface area (TPSA) is 51.6 Å². The summed E-state index contributed by atoms with van der Waals surface area (Å²) >= 11 is 0. The normalized spacial score (nSPS) is 22.9. The first-order chi connectivity index (χ1) is 14.1. The van der Waals surface area contributed by atoms with Gasteiger partial charge in [0.25, 0.3) is 0 Å². The molecule has 0 amide bonds. The molecule has 0 bridgehead atoms. The predicted molar refractivity (Wildman–Crippen MR) is 111 cm³/mol. The van der Waals surface area contributed by atoms with Crippen molar-refractivity contribution in [1.29, 1.82) is 0 Å². The van der Waals surface area contributed by atoms with Gasteiger partial charge in [-0.25, -0.2) is 0 Å². The van der Waals surface area contributed by atoms with Crippen LogP contribution in [0.5, 0.6) is 0 Å². The smallest absolute Gasteiger partial charge is 0.205 e. The number of ether oxygens (including phenoxy) is 1. The third-order valence-corrected chi connectivity index (χ3v) is 6.28. The Hall–Kier alpha value is -3.24. The molecule has 2 unspecified atom stereocenters. The van der Waals surface area contributed by atoms with Crippen molar-refractivity contribution in [2.75, 3.05) is 0 Å². The summed E-state index contributed by atoms with van der Waals surface area (Å²) in [6.45, 7) is 4.20. The van der Waals surface area contributed by atoms with Gasteiger partial charge in [0.15, 0.2) is 17.5 Å². The lowest BCUT2D eigenvalue weighted by Gasteiger charge is -2.22. The van der Waals surface area contributed by atoms with E-state index in [4.69, 9.17) is 4.74 Å². The van der Waals surface area contributed by atoms with Crippen molar-refractivity contribution in [3.63, 3.8) is 0 Å². The van der Waals surface area contributed by atoms with Crippen LogP contribution in [0.4, 0.5) is 0 Å². The molecule has 0 saturated carbocycles. The number of nitrogens with zero attached hydrogens (tertiary/aromatic N) is 1. The second-order valence-electron chi connectivity index (χ2n) is 8.16. The molecule has 29 heavy (non-hydrogen) atoms. The van der Waals surface area contributed by atoms with Gasteiger partial charge in [-0.05, 0) is 31.5 Å². The largest absolute Gasteiger partial charge is 0.343 e. The summed E-state index contributed by atoms with van der Waals surface area (Å²) in [5.74, 6) is -0.218. The summed E-state index contributed by atoms with van der Waals surface area (Å²) < 4.78 is 8.05. The van der Waals surface area contributed by atoms with Crippen LogP contribution >= 0.6 is 0 Å². The number of hydrogen-bond donors (Lipinski definition) is 0. The molecule has 2 aliphatic rings. The van der Waals surface area contributed by atoms with Crippen LogP contribution in [-0.4, -0.2) is 22.2 Å². The first-order valence-electron chi connectivity index (χ1n) is 9.93. The molecule has 1 saturated heterocycles. The minimum Gasteiger partial charge on any atom is -0.343 e. The first-order valence-corrected chi connectivity index (χ1v) is 9.93. The molecule has 2 atom stereocenters. The Bertz CT molecular complexity index is 1350. The zero-order valence-electron chi connectivity index (χ0n) is 16.2. The number of carbonyl (C=O) groups is 2. The van der Waals surface area contributed by atoms with E-state index in [2.05, 4.69) is 30.5 Å². The number of para-hydroxylation sites is 1. The summed E-state index contributed by atoms with van der Waals surface area (Å²) in [6, 6.07) is 21.4. The third-order valence-electron chi connectivity index (χ3n) is 6.28. The molecule has 2 heterocycles. The van der Waals surface area contributed by atoms with Crippen LogP contribution in [0.3, 0.4) is 0 Å². The minimum absolute atomic E-state index is 0.106. The van der Waals surface area contributed by atoms with Gasteiger partial charge >= 0.3 is 0 Å². The summed E-state index contributed by atoms with van der Waals surface area (Å²) in [4.78, 5) is 27.1. The maximum Gasteiger partial charge on any atom is 0.205 e. The average Bonchev–Trinajstić information content (AvgIpc) is 3.42. The van der Waals surface area contributed by atoms with Crippen molar-refractivity contribution in [1.82, 2.24) is 4.57 Å². The molecular formula is C25H19NO3. The molecule has 1 fully saturated rings. The van der Waals surface area contributed by atoms with Crippen LogP contribution in [0.1, 0.15) is 46.2 Å². The number of epoxide rings is 1. The Kier molecular flexibility index (Phi) is 3.12. The number of Topliss-reactive ketones (excluding diaryl/α,β-unsaturated/α-hetero) is 2. The van der Waals surface area contributed by atoms with Crippen LogP contribution in [0, 0.1) is 0 Å². The van der Waals surface area contributed by atoms with Crippen molar-refractivity contribution < 1.29 is 14.3 Å². The van der Waals surface area contributed by atoms with Gasteiger partial charge in [-0.3, -0.25) is 9.59 Å². The highest BCUT2D eigenvalue weighted by Gasteiger charge is 2.70. The van der Waals surface area contributed by atoms with E-state index in [-0.39, 0.29) is 17.6 Å². The van der Waals surface area contributed by atoms with Crippen LogP contribution < -0.4 is 0 Å². The number of benzene rings is 3. The molecule has 4 nitrogen and oxygen atoms in total. The maximum atomic E-state index is 13.9. The average molecular weight is 381 g/mol. The Morgan fingerprint density at radius 2 is 1.62 bits per heavy atom. The van der Waals surface area contributed by atoms with E-state index in [1.807, 2.05) is 48.5 Å². The minimum atomic E-state index is -1.18. The van der Waals surface area contributed by atoms with Crippen LogP contribution in [0.2, 0.25) is 0 Å². The van der Waals surface area contributed by atoms with Crippen molar-refractivity contribution in [2.45, 2.75) is 31.6 Å². The SMILES string of the molecule is CC(C)n1c2ccccc2c2ccc3c(c21)C(=O)C1(c2ccccc2)OC1C3=O. The molecule has 4 heteroatoms. The molecule has 1 aromatic heterocycles. The number of rotatable bonds is 2. The van der Waals surface area contributed by atoms with Gasteiger partial charge < -0.3 is 9.30 Å². The summed E-state index contributed by atoms with van der Waals surface area (Å²) in [7, 11) is 0. The fraction of sp³-hybridized carbons (Fsp3) is 0.200. The van der Waals surface area contributed by atoms with E-state index in [1.165, 1.54) is 0 Å². The second-order valence-corrected chi connectivity index (χ2v) is 8.16. The standard InChI is InChI=1S/C25H19NO3/c1-14(2)26-19-11-7-6-10-16(19)17-12-13-18-20(21(17)26)23(28)25(24(29-25)22(18)27)15-8-4-3-5-9-15/h3-14,24H,1-2H3. The highest BCUT2D eigenvalue weighted by atomic mass is 16.6. The Labute approximate surface area is 167 Å². The lowest BCUT2D eigenvalue weighted by Crippen LogP contribution is -2.35. The number of aromatic nitrogens is 1. The van der Waals surface area contributed by atoms with Gasteiger partial charge in [-0.1, -0.05) is 54.6 Å². The maximum absolute atomic E-state index is 13.9. The van der Waals surface area contributed by atoms with Gasteiger partial charge in [0.1, 0.15) is 0 Å². The number of hydrogen-bond acceptors (Lipinski definition) is 3. The van der Waals surface area contributed by atoms with Gasteiger partial charge in [0.05, 0.1) is 11.1 Å². The molecule has 1 aliphatic carbocycles. The van der Waals surface area contributed by atoms with Crippen LogP contribution in [0.15, 0.2) is 66.7 Å². The van der Waals surface area contributed by atoms with Crippen molar-refractivity contribution in [3.05, 3.63) is 83.4 Å².